The quantitative estimate of drug-likeness (QED) is 0.421. The van der Waals surface area contributed by atoms with Crippen LogP contribution in [-0.4, -0.2) is 24.3 Å². The van der Waals surface area contributed by atoms with Crippen LogP contribution in [-0.2, 0) is 13.6 Å². The molecule has 0 N–H and O–H groups in total. The summed E-state index contributed by atoms with van der Waals surface area (Å²) >= 11 is 0. The summed E-state index contributed by atoms with van der Waals surface area (Å²) in [7, 11) is 1.84. The maximum absolute atomic E-state index is 13.5. The van der Waals surface area contributed by atoms with Gasteiger partial charge in [0.2, 0.25) is 0 Å². The number of rotatable bonds is 5. The lowest BCUT2D eigenvalue weighted by atomic mass is 10.2. The van der Waals surface area contributed by atoms with Crippen LogP contribution in [0.1, 0.15) is 5.56 Å². The van der Waals surface area contributed by atoms with Gasteiger partial charge in [0.25, 0.3) is 5.56 Å². The van der Waals surface area contributed by atoms with Gasteiger partial charge >= 0.3 is 0 Å². The van der Waals surface area contributed by atoms with Crippen LogP contribution >= 0.6 is 0 Å². The van der Waals surface area contributed by atoms with E-state index in [0.717, 1.165) is 11.3 Å². The van der Waals surface area contributed by atoms with E-state index in [9.17, 15) is 9.18 Å². The van der Waals surface area contributed by atoms with Crippen LogP contribution in [0.4, 0.5) is 4.39 Å². The highest BCUT2D eigenvalue weighted by atomic mass is 19.1. The summed E-state index contributed by atoms with van der Waals surface area (Å²) in [4.78, 5) is 21.7. The van der Waals surface area contributed by atoms with E-state index in [2.05, 4.69) is 15.1 Å². The Labute approximate surface area is 182 Å². The van der Waals surface area contributed by atoms with Crippen LogP contribution in [0.3, 0.4) is 0 Å². The standard InChI is InChI=1S/C24H18FN5O2/c1-29-14-17(12-28-29)23-11-20(7-8-26-23)32-19-5-6-22-21(10-19)24(31)30(15-27-22)13-16-3-2-4-18(25)9-16/h2-12,14-15H,13H2,1H3. The summed E-state index contributed by atoms with van der Waals surface area (Å²) in [5.74, 6) is 0.744. The fourth-order valence-electron chi connectivity index (χ4n) is 3.47. The van der Waals surface area contributed by atoms with E-state index in [0.29, 0.717) is 28.0 Å². The molecule has 7 nitrogen and oxygen atoms in total. The fraction of sp³-hybridized carbons (Fsp3) is 0.0833. The number of aromatic nitrogens is 5. The first-order chi connectivity index (χ1) is 15.5. The zero-order valence-corrected chi connectivity index (χ0v) is 17.1. The molecule has 0 aliphatic rings. The molecule has 5 aromatic rings. The Kier molecular flexibility index (Phi) is 4.95. The second-order valence-corrected chi connectivity index (χ2v) is 7.37. The molecular formula is C24H18FN5O2. The van der Waals surface area contributed by atoms with Gasteiger partial charge in [0.15, 0.2) is 0 Å². The van der Waals surface area contributed by atoms with Crippen LogP contribution in [0.25, 0.3) is 22.2 Å². The normalized spacial score (nSPS) is 11.1. The molecule has 0 aliphatic heterocycles. The van der Waals surface area contributed by atoms with Crippen LogP contribution in [0.5, 0.6) is 11.5 Å². The Morgan fingerprint density at radius 3 is 2.72 bits per heavy atom. The Morgan fingerprint density at radius 1 is 1.03 bits per heavy atom. The number of benzene rings is 2. The summed E-state index contributed by atoms with van der Waals surface area (Å²) < 4.78 is 22.6. The van der Waals surface area contributed by atoms with Crippen molar-refractivity contribution in [3.63, 3.8) is 0 Å². The van der Waals surface area contributed by atoms with Crippen molar-refractivity contribution in [2.24, 2.45) is 7.05 Å². The van der Waals surface area contributed by atoms with Gasteiger partial charge < -0.3 is 4.74 Å². The van der Waals surface area contributed by atoms with E-state index in [1.165, 1.54) is 23.0 Å². The zero-order chi connectivity index (χ0) is 22.1. The molecule has 0 unspecified atom stereocenters. The molecule has 0 spiro atoms. The number of hydrogen-bond acceptors (Lipinski definition) is 5. The average molecular weight is 427 g/mol. The van der Waals surface area contributed by atoms with E-state index < -0.39 is 0 Å². The summed E-state index contributed by atoms with van der Waals surface area (Å²) in [6.07, 6.45) is 6.73. The van der Waals surface area contributed by atoms with Crippen molar-refractivity contribution in [3.05, 3.63) is 101 Å². The van der Waals surface area contributed by atoms with E-state index in [-0.39, 0.29) is 17.9 Å². The number of ether oxygens (including phenoxy) is 1. The van der Waals surface area contributed by atoms with Gasteiger partial charge in [-0.05, 0) is 42.0 Å². The Hall–Kier alpha value is -4.33. The highest BCUT2D eigenvalue weighted by molar-refractivity contribution is 5.79. The molecule has 32 heavy (non-hydrogen) atoms. The molecule has 158 valence electrons. The summed E-state index contributed by atoms with van der Waals surface area (Å²) in [5.41, 5.74) is 2.62. The van der Waals surface area contributed by atoms with Crippen LogP contribution in [0.15, 0.2) is 84.3 Å². The molecule has 0 fully saturated rings. The number of hydrogen-bond donors (Lipinski definition) is 0. The molecule has 0 saturated heterocycles. The van der Waals surface area contributed by atoms with Crippen LogP contribution < -0.4 is 10.3 Å². The van der Waals surface area contributed by atoms with E-state index in [4.69, 9.17) is 4.74 Å². The molecule has 2 aromatic carbocycles. The van der Waals surface area contributed by atoms with Crippen LogP contribution in [0.2, 0.25) is 0 Å². The van der Waals surface area contributed by atoms with Gasteiger partial charge in [-0.3, -0.25) is 19.0 Å². The smallest absolute Gasteiger partial charge is 0.261 e. The molecule has 8 heteroatoms. The van der Waals surface area contributed by atoms with Crippen molar-refractivity contribution in [2.75, 3.05) is 0 Å². The topological polar surface area (TPSA) is 74.8 Å². The third kappa shape index (κ3) is 3.98. The van der Waals surface area contributed by atoms with Gasteiger partial charge in [0.05, 0.1) is 35.7 Å². The second kappa shape index (κ2) is 8.07. The maximum Gasteiger partial charge on any atom is 0.261 e. The Morgan fingerprint density at radius 2 is 1.91 bits per heavy atom. The summed E-state index contributed by atoms with van der Waals surface area (Å²) in [6.45, 7) is 0.226. The monoisotopic (exact) mass is 427 g/mol. The molecule has 3 heterocycles. The van der Waals surface area contributed by atoms with E-state index in [1.807, 2.05) is 19.3 Å². The van der Waals surface area contributed by atoms with Gasteiger partial charge in [-0.2, -0.15) is 5.10 Å². The minimum Gasteiger partial charge on any atom is -0.457 e. The molecule has 0 saturated carbocycles. The SMILES string of the molecule is Cn1cc(-c2cc(Oc3ccc4ncn(Cc5cccc(F)c5)c(=O)c4c3)ccn2)cn1. The van der Waals surface area contributed by atoms with Crippen molar-refractivity contribution in [1.82, 2.24) is 24.3 Å². The van der Waals surface area contributed by atoms with Gasteiger partial charge in [-0.15, -0.1) is 0 Å². The van der Waals surface area contributed by atoms with E-state index in [1.54, 1.807) is 53.5 Å². The molecule has 3 aromatic heterocycles. The lowest BCUT2D eigenvalue weighted by Gasteiger charge is -2.09. The van der Waals surface area contributed by atoms with Crippen LogP contribution in [0, 0.1) is 5.82 Å². The third-order valence-corrected chi connectivity index (χ3v) is 5.01. The molecule has 0 aliphatic carbocycles. The first-order valence-electron chi connectivity index (χ1n) is 9.92. The van der Waals surface area contributed by atoms with Crippen molar-refractivity contribution in [2.45, 2.75) is 6.54 Å². The predicted octanol–water partition coefficient (Wildman–Crippen LogP) is 4.17. The minimum absolute atomic E-state index is 0.226. The maximum atomic E-state index is 13.5. The lowest BCUT2D eigenvalue weighted by Crippen LogP contribution is -2.21. The van der Waals surface area contributed by atoms with Gasteiger partial charge in [0, 0.05) is 31.1 Å². The highest BCUT2D eigenvalue weighted by Gasteiger charge is 2.09. The first kappa shape index (κ1) is 19.6. The number of halogens is 1. The minimum atomic E-state index is -0.344. The number of fused-ring (bicyclic) bond motifs is 1. The average Bonchev–Trinajstić information content (AvgIpc) is 3.23. The van der Waals surface area contributed by atoms with Crippen molar-refractivity contribution in [3.8, 4) is 22.8 Å². The lowest BCUT2D eigenvalue weighted by molar-refractivity contribution is 0.483. The van der Waals surface area contributed by atoms with E-state index >= 15 is 0 Å². The first-order valence-corrected chi connectivity index (χ1v) is 9.92. The number of nitrogens with zero attached hydrogens (tertiary/aromatic N) is 5. The number of aryl methyl sites for hydroxylation is 1. The van der Waals surface area contributed by atoms with Crippen molar-refractivity contribution >= 4 is 10.9 Å². The van der Waals surface area contributed by atoms with Gasteiger partial charge in [-0.1, -0.05) is 12.1 Å². The van der Waals surface area contributed by atoms with Gasteiger partial charge in [-0.25, -0.2) is 9.37 Å². The van der Waals surface area contributed by atoms with Crippen molar-refractivity contribution < 1.29 is 9.13 Å². The Bertz CT molecular complexity index is 1490. The second-order valence-electron chi connectivity index (χ2n) is 7.37. The fourth-order valence-corrected chi connectivity index (χ4v) is 3.47. The molecule has 5 rings (SSSR count). The predicted molar refractivity (Wildman–Crippen MR) is 118 cm³/mol. The Balaban J connectivity index is 1.45. The number of pyridine rings is 1. The van der Waals surface area contributed by atoms with Crippen molar-refractivity contribution in [1.29, 1.82) is 0 Å². The molecule has 0 amide bonds. The summed E-state index contributed by atoms with van der Waals surface area (Å²) in [6, 6.07) is 14.9. The molecule has 0 bridgehead atoms. The zero-order valence-electron chi connectivity index (χ0n) is 17.1. The molecule has 0 atom stereocenters. The summed E-state index contributed by atoms with van der Waals surface area (Å²) in [5, 5.41) is 4.58. The molecule has 0 radical (unpaired) electrons. The third-order valence-electron chi connectivity index (χ3n) is 5.01. The largest absolute Gasteiger partial charge is 0.457 e. The molecular weight excluding hydrogens is 409 g/mol. The highest BCUT2D eigenvalue weighted by Crippen LogP contribution is 2.26. The van der Waals surface area contributed by atoms with Gasteiger partial charge in [0.1, 0.15) is 17.3 Å².